The molecule has 0 bridgehead atoms. The third-order valence-electron chi connectivity index (χ3n) is 4.56. The Kier molecular flexibility index (Phi) is 6.64. The summed E-state index contributed by atoms with van der Waals surface area (Å²) < 4.78 is 7.92. The zero-order chi connectivity index (χ0) is 21.5. The molecule has 1 amide bonds. The normalized spacial score (nSPS) is 10.6. The Morgan fingerprint density at radius 2 is 1.61 bits per heavy atom. The third kappa shape index (κ3) is 5.32. The summed E-state index contributed by atoms with van der Waals surface area (Å²) >= 11 is 1.34. The molecule has 0 spiro atoms. The second kappa shape index (κ2) is 9.95. The molecule has 0 radical (unpaired) electrons. The lowest BCUT2D eigenvalue weighted by Gasteiger charge is -2.12. The molecule has 0 fully saturated rings. The van der Waals surface area contributed by atoms with E-state index in [4.69, 9.17) is 4.74 Å². The molecule has 0 saturated heterocycles. The minimum absolute atomic E-state index is 0.100. The number of nitrogens with zero attached hydrogens (tertiary/aromatic N) is 3. The predicted octanol–water partition coefficient (Wildman–Crippen LogP) is 4.89. The summed E-state index contributed by atoms with van der Waals surface area (Å²) in [5.41, 5.74) is 2.74. The van der Waals surface area contributed by atoms with Gasteiger partial charge in [0.15, 0.2) is 11.0 Å². The number of nitrogens with one attached hydrogen (secondary N) is 1. The van der Waals surface area contributed by atoms with Gasteiger partial charge in [0.05, 0.1) is 5.75 Å². The van der Waals surface area contributed by atoms with E-state index >= 15 is 0 Å². The van der Waals surface area contributed by atoms with E-state index in [2.05, 4.69) is 15.5 Å². The Morgan fingerprint density at radius 3 is 2.35 bits per heavy atom. The minimum atomic E-state index is -0.100. The average Bonchev–Trinajstić information content (AvgIpc) is 3.21. The maximum absolute atomic E-state index is 12.4. The van der Waals surface area contributed by atoms with Crippen LogP contribution >= 0.6 is 11.8 Å². The molecule has 3 aromatic carbocycles. The van der Waals surface area contributed by atoms with Crippen molar-refractivity contribution in [2.75, 3.05) is 11.1 Å². The Hall–Kier alpha value is -3.58. The fourth-order valence-electron chi connectivity index (χ4n) is 3.03. The van der Waals surface area contributed by atoms with Crippen LogP contribution in [0.4, 0.5) is 5.69 Å². The van der Waals surface area contributed by atoms with Gasteiger partial charge in [0, 0.05) is 11.4 Å². The zero-order valence-corrected chi connectivity index (χ0v) is 17.9. The highest BCUT2D eigenvalue weighted by molar-refractivity contribution is 7.99. The fourth-order valence-corrected chi connectivity index (χ4v) is 3.80. The summed E-state index contributed by atoms with van der Waals surface area (Å²) in [6.07, 6.45) is 0. The minimum Gasteiger partial charge on any atom is -0.485 e. The molecule has 1 N–H and O–H groups in total. The van der Waals surface area contributed by atoms with Gasteiger partial charge in [-0.3, -0.25) is 9.36 Å². The van der Waals surface area contributed by atoms with E-state index in [1.165, 1.54) is 11.8 Å². The lowest BCUT2D eigenvalue weighted by Crippen LogP contribution is -2.14. The molecule has 156 valence electrons. The number of anilines is 1. The molecule has 1 aromatic heterocycles. The first-order chi connectivity index (χ1) is 15.2. The van der Waals surface area contributed by atoms with E-state index in [0.717, 1.165) is 22.7 Å². The van der Waals surface area contributed by atoms with Crippen LogP contribution in [0, 0.1) is 6.92 Å². The highest BCUT2D eigenvalue weighted by Crippen LogP contribution is 2.24. The van der Waals surface area contributed by atoms with Crippen molar-refractivity contribution >= 4 is 23.4 Å². The third-order valence-corrected chi connectivity index (χ3v) is 5.48. The summed E-state index contributed by atoms with van der Waals surface area (Å²) in [4.78, 5) is 12.4. The number of para-hydroxylation sites is 3. The molecule has 0 aliphatic heterocycles. The van der Waals surface area contributed by atoms with Gasteiger partial charge in [-0.2, -0.15) is 0 Å². The van der Waals surface area contributed by atoms with Gasteiger partial charge < -0.3 is 10.1 Å². The summed E-state index contributed by atoms with van der Waals surface area (Å²) in [5.74, 6) is 1.59. The number of ether oxygens (including phenoxy) is 1. The number of carbonyl (C=O) groups is 1. The monoisotopic (exact) mass is 430 g/mol. The van der Waals surface area contributed by atoms with Gasteiger partial charge >= 0.3 is 0 Å². The van der Waals surface area contributed by atoms with Crippen molar-refractivity contribution in [1.29, 1.82) is 0 Å². The standard InChI is InChI=1S/C24H22N4O2S/c1-18-10-8-9-15-21(18)30-16-22-26-27-24(28(22)20-13-6-3-7-14-20)31-17-23(29)25-19-11-4-2-5-12-19/h2-15H,16-17H2,1H3,(H,25,29). The largest absolute Gasteiger partial charge is 0.485 e. The maximum atomic E-state index is 12.4. The number of amides is 1. The second-order valence-electron chi connectivity index (χ2n) is 6.83. The molecule has 31 heavy (non-hydrogen) atoms. The van der Waals surface area contributed by atoms with Crippen LogP contribution < -0.4 is 10.1 Å². The van der Waals surface area contributed by atoms with Crippen LogP contribution in [0.25, 0.3) is 5.69 Å². The fraction of sp³-hybridized carbons (Fsp3) is 0.125. The van der Waals surface area contributed by atoms with Crippen molar-refractivity contribution in [3.63, 3.8) is 0 Å². The SMILES string of the molecule is Cc1ccccc1OCc1nnc(SCC(=O)Nc2ccccc2)n1-c1ccccc1. The van der Waals surface area contributed by atoms with Crippen molar-refractivity contribution < 1.29 is 9.53 Å². The molecule has 1 heterocycles. The Bertz CT molecular complexity index is 1150. The number of aromatic nitrogens is 3. The number of benzene rings is 3. The molecule has 4 rings (SSSR count). The van der Waals surface area contributed by atoms with E-state index in [1.807, 2.05) is 96.4 Å². The molecule has 0 aliphatic carbocycles. The van der Waals surface area contributed by atoms with Gasteiger partial charge in [0.2, 0.25) is 5.91 Å². The molecular weight excluding hydrogens is 408 g/mol. The van der Waals surface area contributed by atoms with Crippen LogP contribution in [0.3, 0.4) is 0 Å². The summed E-state index contributed by atoms with van der Waals surface area (Å²) in [6.45, 7) is 2.27. The molecular formula is C24H22N4O2S. The van der Waals surface area contributed by atoms with Gasteiger partial charge in [0.25, 0.3) is 0 Å². The Labute approximate surface area is 185 Å². The zero-order valence-electron chi connectivity index (χ0n) is 17.1. The Morgan fingerprint density at radius 1 is 0.935 bits per heavy atom. The van der Waals surface area contributed by atoms with Crippen LogP contribution in [-0.4, -0.2) is 26.4 Å². The number of aryl methyl sites for hydroxylation is 1. The first-order valence-corrected chi connectivity index (χ1v) is 10.8. The number of hydrogen-bond donors (Lipinski definition) is 1. The quantitative estimate of drug-likeness (QED) is 0.403. The van der Waals surface area contributed by atoms with Gasteiger partial charge in [-0.15, -0.1) is 10.2 Å². The molecule has 0 aliphatic rings. The van der Waals surface area contributed by atoms with Crippen molar-refractivity contribution in [3.8, 4) is 11.4 Å². The average molecular weight is 431 g/mol. The lowest BCUT2D eigenvalue weighted by atomic mass is 10.2. The predicted molar refractivity (Wildman–Crippen MR) is 123 cm³/mol. The summed E-state index contributed by atoms with van der Waals surface area (Å²) in [5, 5.41) is 12.2. The molecule has 0 saturated carbocycles. The molecule has 7 heteroatoms. The first-order valence-electron chi connectivity index (χ1n) is 9.86. The van der Waals surface area contributed by atoms with Crippen LogP contribution in [0.1, 0.15) is 11.4 Å². The highest BCUT2D eigenvalue weighted by atomic mass is 32.2. The van der Waals surface area contributed by atoms with Crippen molar-refractivity contribution in [1.82, 2.24) is 14.8 Å². The molecule has 0 unspecified atom stereocenters. The second-order valence-corrected chi connectivity index (χ2v) is 7.77. The van der Waals surface area contributed by atoms with Gasteiger partial charge in [0.1, 0.15) is 12.4 Å². The van der Waals surface area contributed by atoms with Crippen LogP contribution in [0.15, 0.2) is 90.1 Å². The van der Waals surface area contributed by atoms with E-state index in [0.29, 0.717) is 11.0 Å². The first kappa shape index (κ1) is 20.7. The lowest BCUT2D eigenvalue weighted by molar-refractivity contribution is -0.113. The number of thioether (sulfide) groups is 1. The van der Waals surface area contributed by atoms with E-state index in [9.17, 15) is 4.79 Å². The highest BCUT2D eigenvalue weighted by Gasteiger charge is 2.16. The van der Waals surface area contributed by atoms with Gasteiger partial charge in [-0.05, 0) is 42.8 Å². The van der Waals surface area contributed by atoms with Crippen molar-refractivity contribution in [2.45, 2.75) is 18.7 Å². The number of hydrogen-bond acceptors (Lipinski definition) is 5. The Balaban J connectivity index is 1.51. The van der Waals surface area contributed by atoms with E-state index in [-0.39, 0.29) is 18.3 Å². The van der Waals surface area contributed by atoms with Crippen LogP contribution in [0.5, 0.6) is 5.75 Å². The number of carbonyl (C=O) groups excluding carboxylic acids is 1. The van der Waals surface area contributed by atoms with Gasteiger partial charge in [-0.1, -0.05) is 66.4 Å². The van der Waals surface area contributed by atoms with Gasteiger partial charge in [-0.25, -0.2) is 0 Å². The van der Waals surface area contributed by atoms with Crippen LogP contribution in [0.2, 0.25) is 0 Å². The van der Waals surface area contributed by atoms with Crippen LogP contribution in [-0.2, 0) is 11.4 Å². The van der Waals surface area contributed by atoms with E-state index < -0.39 is 0 Å². The smallest absolute Gasteiger partial charge is 0.234 e. The number of rotatable bonds is 8. The summed E-state index contributed by atoms with van der Waals surface area (Å²) in [6, 6.07) is 27.1. The molecule has 6 nitrogen and oxygen atoms in total. The molecule has 4 aromatic rings. The summed E-state index contributed by atoms with van der Waals surface area (Å²) in [7, 11) is 0. The van der Waals surface area contributed by atoms with Crippen molar-refractivity contribution in [2.24, 2.45) is 0 Å². The maximum Gasteiger partial charge on any atom is 0.234 e. The van der Waals surface area contributed by atoms with Crippen molar-refractivity contribution in [3.05, 3.63) is 96.3 Å². The topological polar surface area (TPSA) is 69.0 Å². The van der Waals surface area contributed by atoms with E-state index in [1.54, 1.807) is 0 Å². The molecule has 0 atom stereocenters.